The van der Waals surface area contributed by atoms with Crippen LogP contribution in [-0.2, 0) is 4.74 Å². The van der Waals surface area contributed by atoms with E-state index in [2.05, 4.69) is 20.2 Å². The maximum Gasteiger partial charge on any atom is 0.359 e. The van der Waals surface area contributed by atoms with E-state index in [0.717, 1.165) is 16.8 Å². The van der Waals surface area contributed by atoms with Gasteiger partial charge in [-0.3, -0.25) is 4.98 Å². The van der Waals surface area contributed by atoms with E-state index in [4.69, 9.17) is 9.15 Å². The van der Waals surface area contributed by atoms with E-state index in [1.54, 1.807) is 13.8 Å². The topological polar surface area (TPSA) is 91.0 Å². The average Bonchev–Trinajstić information content (AvgIpc) is 3.06. The number of hydrogen-bond donors (Lipinski definition) is 0. The molecule has 0 spiro atoms. The summed E-state index contributed by atoms with van der Waals surface area (Å²) < 4.78 is 10.9. The highest BCUT2D eigenvalue weighted by molar-refractivity contribution is 5.86. The molecule has 0 amide bonds. The number of ether oxygens (including phenoxy) is 1. The van der Waals surface area contributed by atoms with Gasteiger partial charge in [-0.2, -0.15) is 0 Å². The van der Waals surface area contributed by atoms with E-state index in [-0.39, 0.29) is 11.6 Å². The first-order valence-corrected chi connectivity index (χ1v) is 7.43. The van der Waals surface area contributed by atoms with Gasteiger partial charge in [-0.05, 0) is 32.9 Å². The zero-order chi connectivity index (χ0) is 17.1. The van der Waals surface area contributed by atoms with Gasteiger partial charge in [-0.15, -0.1) is 10.2 Å². The normalized spacial score (nSPS) is 12.0. The van der Waals surface area contributed by atoms with E-state index >= 15 is 0 Å². The van der Waals surface area contributed by atoms with Crippen LogP contribution >= 0.6 is 0 Å². The Balaban J connectivity index is 1.71. The molecule has 7 nitrogen and oxygen atoms in total. The lowest BCUT2D eigenvalue weighted by Gasteiger charge is -2.08. The summed E-state index contributed by atoms with van der Waals surface area (Å²) in [6.45, 7) is 5.44. The van der Waals surface area contributed by atoms with Crippen molar-refractivity contribution in [3.05, 3.63) is 59.5 Å². The average molecular weight is 324 g/mol. The molecule has 24 heavy (non-hydrogen) atoms. The van der Waals surface area contributed by atoms with E-state index in [1.165, 1.54) is 12.4 Å². The largest absolute Gasteiger partial charge is 0.448 e. The quantitative estimate of drug-likeness (QED) is 0.681. The third-order valence-corrected chi connectivity index (χ3v) is 3.36. The summed E-state index contributed by atoms with van der Waals surface area (Å²) in [6.07, 6.45) is 2.19. The number of carbonyl (C=O) groups is 1. The van der Waals surface area contributed by atoms with Gasteiger partial charge in [0.1, 0.15) is 0 Å². The second kappa shape index (κ2) is 6.57. The molecular weight excluding hydrogens is 308 g/mol. The summed E-state index contributed by atoms with van der Waals surface area (Å²) in [6, 6.07) is 7.70. The fourth-order valence-corrected chi connectivity index (χ4v) is 1.98. The summed E-state index contributed by atoms with van der Waals surface area (Å²) in [7, 11) is 0. The van der Waals surface area contributed by atoms with Crippen molar-refractivity contribution in [1.82, 2.24) is 20.2 Å². The van der Waals surface area contributed by atoms with Gasteiger partial charge >= 0.3 is 5.97 Å². The van der Waals surface area contributed by atoms with Gasteiger partial charge < -0.3 is 9.15 Å². The number of hydrogen-bond acceptors (Lipinski definition) is 7. The lowest BCUT2D eigenvalue weighted by atomic mass is 10.1. The molecule has 0 aliphatic carbocycles. The van der Waals surface area contributed by atoms with Gasteiger partial charge in [-0.25, -0.2) is 9.78 Å². The summed E-state index contributed by atoms with van der Waals surface area (Å²) >= 11 is 0. The molecule has 2 heterocycles. The Labute approximate surface area is 138 Å². The maximum absolute atomic E-state index is 12.0. The van der Waals surface area contributed by atoms with Crippen LogP contribution in [0.2, 0.25) is 0 Å². The monoisotopic (exact) mass is 324 g/mol. The lowest BCUT2D eigenvalue weighted by molar-refractivity contribution is 0.0272. The minimum Gasteiger partial charge on any atom is -0.448 e. The van der Waals surface area contributed by atoms with Crippen LogP contribution < -0.4 is 0 Å². The molecule has 1 aromatic carbocycles. The van der Waals surface area contributed by atoms with Gasteiger partial charge in [0.15, 0.2) is 11.8 Å². The Morgan fingerprint density at radius 2 is 1.83 bits per heavy atom. The van der Waals surface area contributed by atoms with Crippen LogP contribution in [0.1, 0.15) is 40.7 Å². The molecule has 7 heteroatoms. The highest BCUT2D eigenvalue weighted by Gasteiger charge is 2.20. The van der Waals surface area contributed by atoms with Crippen LogP contribution in [0.15, 0.2) is 41.1 Å². The molecule has 0 unspecified atom stereocenters. The Morgan fingerprint density at radius 1 is 1.08 bits per heavy atom. The molecular formula is C17H16N4O3. The highest BCUT2D eigenvalue weighted by Crippen LogP contribution is 2.23. The second-order valence-corrected chi connectivity index (χ2v) is 5.40. The number of carbonyl (C=O) groups excluding carboxylic acids is 1. The Morgan fingerprint density at radius 3 is 2.50 bits per heavy atom. The smallest absolute Gasteiger partial charge is 0.359 e. The molecule has 0 aliphatic rings. The maximum atomic E-state index is 12.0. The van der Waals surface area contributed by atoms with Gasteiger partial charge in [-0.1, -0.05) is 17.7 Å². The van der Waals surface area contributed by atoms with Crippen LogP contribution in [0.5, 0.6) is 0 Å². The third kappa shape index (κ3) is 3.45. The standard InChI is InChI=1S/C17H16N4O3/c1-10-4-6-13(7-5-10)16-21-20-15(24-16)12(3)23-17(22)14-9-18-11(2)8-19-14/h4-9,12H,1-3H3/t12-/m1/s1. The van der Waals surface area contributed by atoms with Crippen LogP contribution in [0.25, 0.3) is 11.5 Å². The molecule has 0 saturated heterocycles. The number of esters is 1. The Hall–Kier alpha value is -3.09. The van der Waals surface area contributed by atoms with Crippen molar-refractivity contribution in [1.29, 1.82) is 0 Å². The van der Waals surface area contributed by atoms with Crippen LogP contribution in [0, 0.1) is 13.8 Å². The molecule has 1 atom stereocenters. The molecule has 0 aliphatic heterocycles. The predicted molar refractivity (Wildman–Crippen MR) is 85.1 cm³/mol. The minimum absolute atomic E-state index is 0.130. The number of benzene rings is 1. The minimum atomic E-state index is -0.688. The predicted octanol–water partition coefficient (Wildman–Crippen LogP) is 3.06. The molecule has 0 radical (unpaired) electrons. The summed E-state index contributed by atoms with van der Waals surface area (Å²) in [5.74, 6) is 0.00658. The molecule has 3 rings (SSSR count). The van der Waals surface area contributed by atoms with Gasteiger partial charge in [0, 0.05) is 11.8 Å². The van der Waals surface area contributed by atoms with Gasteiger partial charge in [0.2, 0.25) is 5.89 Å². The Bertz CT molecular complexity index is 841. The number of aryl methyl sites for hydroxylation is 2. The fraction of sp³-hybridized carbons (Fsp3) is 0.235. The summed E-state index contributed by atoms with van der Waals surface area (Å²) in [5.41, 5.74) is 2.80. The first-order chi connectivity index (χ1) is 11.5. The van der Waals surface area contributed by atoms with Crippen molar-refractivity contribution in [3.63, 3.8) is 0 Å². The van der Waals surface area contributed by atoms with E-state index < -0.39 is 12.1 Å². The fourth-order valence-electron chi connectivity index (χ4n) is 1.98. The number of aromatic nitrogens is 4. The summed E-state index contributed by atoms with van der Waals surface area (Å²) in [4.78, 5) is 20.0. The Kier molecular flexibility index (Phi) is 4.33. The van der Waals surface area contributed by atoms with Crippen molar-refractivity contribution in [2.45, 2.75) is 26.9 Å². The van der Waals surface area contributed by atoms with Crippen molar-refractivity contribution >= 4 is 5.97 Å². The molecule has 0 N–H and O–H groups in total. The van der Waals surface area contributed by atoms with Crippen molar-refractivity contribution in [3.8, 4) is 11.5 Å². The summed E-state index contributed by atoms with van der Waals surface area (Å²) in [5, 5.41) is 7.94. The molecule has 3 aromatic rings. The van der Waals surface area contributed by atoms with Crippen molar-refractivity contribution < 1.29 is 13.9 Å². The van der Waals surface area contributed by atoms with Gasteiger partial charge in [0.25, 0.3) is 5.89 Å². The highest BCUT2D eigenvalue weighted by atomic mass is 16.6. The van der Waals surface area contributed by atoms with Gasteiger partial charge in [0.05, 0.1) is 11.9 Å². The lowest BCUT2D eigenvalue weighted by Crippen LogP contribution is -2.11. The second-order valence-electron chi connectivity index (χ2n) is 5.40. The first-order valence-electron chi connectivity index (χ1n) is 7.43. The molecule has 0 bridgehead atoms. The van der Waals surface area contributed by atoms with Crippen molar-refractivity contribution in [2.75, 3.05) is 0 Å². The zero-order valence-electron chi connectivity index (χ0n) is 13.6. The van der Waals surface area contributed by atoms with Crippen LogP contribution in [0.4, 0.5) is 0 Å². The van der Waals surface area contributed by atoms with Crippen molar-refractivity contribution in [2.24, 2.45) is 0 Å². The zero-order valence-corrected chi connectivity index (χ0v) is 13.6. The van der Waals surface area contributed by atoms with E-state index in [0.29, 0.717) is 5.89 Å². The number of nitrogens with zero attached hydrogens (tertiary/aromatic N) is 4. The molecule has 122 valence electrons. The van der Waals surface area contributed by atoms with E-state index in [9.17, 15) is 4.79 Å². The third-order valence-electron chi connectivity index (χ3n) is 3.36. The number of rotatable bonds is 4. The SMILES string of the molecule is Cc1ccc(-c2nnc([C@@H](C)OC(=O)c3cnc(C)cn3)o2)cc1. The molecule has 0 saturated carbocycles. The van der Waals surface area contributed by atoms with Crippen LogP contribution in [0.3, 0.4) is 0 Å². The molecule has 0 fully saturated rings. The first kappa shape index (κ1) is 15.8. The van der Waals surface area contributed by atoms with Crippen LogP contribution in [-0.4, -0.2) is 26.1 Å². The molecule has 2 aromatic heterocycles. The van der Waals surface area contributed by atoms with E-state index in [1.807, 2.05) is 31.2 Å².